The molecule has 0 radical (unpaired) electrons. The molecule has 1 fully saturated rings. The van der Waals surface area contributed by atoms with E-state index in [-0.39, 0.29) is 6.10 Å². The van der Waals surface area contributed by atoms with Crippen LogP contribution in [0.2, 0.25) is 0 Å². The number of rotatable bonds is 5. The molecular formula is C13H21N3O. The largest absolute Gasteiger partial charge is 0.391 e. The lowest BCUT2D eigenvalue weighted by Crippen LogP contribution is -2.22. The summed E-state index contributed by atoms with van der Waals surface area (Å²) >= 11 is 0. The molecule has 1 aliphatic rings. The molecule has 17 heavy (non-hydrogen) atoms. The number of nitrogens with zero attached hydrogens (tertiary/aromatic N) is 2. The van der Waals surface area contributed by atoms with Gasteiger partial charge in [0.1, 0.15) is 5.82 Å². The van der Waals surface area contributed by atoms with E-state index in [1.165, 1.54) is 5.56 Å². The highest BCUT2D eigenvalue weighted by Gasteiger charge is 2.20. The number of β-amino-alcohol motifs (C(OH)–C–C–N with tert-alkyl or cyclic N) is 1. The Labute approximate surface area is 103 Å². The lowest BCUT2D eigenvalue weighted by molar-refractivity contribution is 0.198. The van der Waals surface area contributed by atoms with Gasteiger partial charge < -0.3 is 15.3 Å². The van der Waals surface area contributed by atoms with Crippen molar-refractivity contribution in [3.63, 3.8) is 0 Å². The second kappa shape index (κ2) is 5.98. The summed E-state index contributed by atoms with van der Waals surface area (Å²) in [4.78, 5) is 6.58. The number of hydrogen-bond acceptors (Lipinski definition) is 4. The smallest absolute Gasteiger partial charge is 0.128 e. The van der Waals surface area contributed by atoms with E-state index in [1.807, 2.05) is 12.3 Å². The molecule has 0 saturated carbocycles. The molecule has 0 bridgehead atoms. The predicted molar refractivity (Wildman–Crippen MR) is 69.1 cm³/mol. The maximum Gasteiger partial charge on any atom is 0.128 e. The maximum absolute atomic E-state index is 9.48. The fourth-order valence-electron chi connectivity index (χ4n) is 2.07. The summed E-state index contributed by atoms with van der Waals surface area (Å²) in [5.74, 6) is 0.973. The van der Waals surface area contributed by atoms with E-state index < -0.39 is 0 Å². The van der Waals surface area contributed by atoms with Gasteiger partial charge in [-0.3, -0.25) is 0 Å². The SMILES string of the molecule is CCCNCc1ccc(N2CCC(O)C2)nc1. The van der Waals surface area contributed by atoms with Crippen molar-refractivity contribution < 1.29 is 5.11 Å². The monoisotopic (exact) mass is 235 g/mol. The first-order chi connectivity index (χ1) is 8.29. The van der Waals surface area contributed by atoms with E-state index >= 15 is 0 Å². The van der Waals surface area contributed by atoms with Gasteiger partial charge in [0.05, 0.1) is 6.10 Å². The summed E-state index contributed by atoms with van der Waals surface area (Å²) in [5, 5.41) is 12.8. The van der Waals surface area contributed by atoms with Crippen LogP contribution in [0.4, 0.5) is 5.82 Å². The van der Waals surface area contributed by atoms with Crippen molar-refractivity contribution in [2.45, 2.75) is 32.4 Å². The van der Waals surface area contributed by atoms with E-state index in [1.54, 1.807) is 0 Å². The number of nitrogens with one attached hydrogen (secondary N) is 1. The highest BCUT2D eigenvalue weighted by molar-refractivity contribution is 5.40. The topological polar surface area (TPSA) is 48.4 Å². The highest BCUT2D eigenvalue weighted by atomic mass is 16.3. The van der Waals surface area contributed by atoms with Crippen LogP contribution in [0.3, 0.4) is 0 Å². The minimum Gasteiger partial charge on any atom is -0.391 e. The van der Waals surface area contributed by atoms with Gasteiger partial charge in [-0.2, -0.15) is 0 Å². The molecule has 4 heteroatoms. The number of aromatic nitrogens is 1. The Bertz CT molecular complexity index is 339. The summed E-state index contributed by atoms with van der Waals surface area (Å²) in [7, 11) is 0. The first-order valence-corrected chi connectivity index (χ1v) is 6.38. The summed E-state index contributed by atoms with van der Waals surface area (Å²) in [6, 6.07) is 4.15. The molecule has 1 unspecified atom stereocenters. The Hall–Kier alpha value is -1.13. The van der Waals surface area contributed by atoms with Crippen molar-refractivity contribution in [2.24, 2.45) is 0 Å². The molecule has 1 atom stereocenters. The minimum absolute atomic E-state index is 0.192. The summed E-state index contributed by atoms with van der Waals surface area (Å²) < 4.78 is 0. The zero-order chi connectivity index (χ0) is 12.1. The van der Waals surface area contributed by atoms with Crippen LogP contribution >= 0.6 is 0 Å². The molecule has 4 nitrogen and oxygen atoms in total. The van der Waals surface area contributed by atoms with Crippen LogP contribution < -0.4 is 10.2 Å². The van der Waals surface area contributed by atoms with Crippen LogP contribution in [0.1, 0.15) is 25.3 Å². The lowest BCUT2D eigenvalue weighted by Gasteiger charge is -2.16. The predicted octanol–water partition coefficient (Wildman–Crippen LogP) is 1.15. The van der Waals surface area contributed by atoms with Gasteiger partial charge in [0.25, 0.3) is 0 Å². The lowest BCUT2D eigenvalue weighted by atomic mass is 10.2. The zero-order valence-electron chi connectivity index (χ0n) is 10.4. The molecule has 94 valence electrons. The molecule has 0 aromatic carbocycles. The van der Waals surface area contributed by atoms with Crippen LogP contribution in [-0.4, -0.2) is 35.8 Å². The van der Waals surface area contributed by atoms with Gasteiger partial charge in [-0.1, -0.05) is 13.0 Å². The van der Waals surface area contributed by atoms with Gasteiger partial charge >= 0.3 is 0 Å². The zero-order valence-corrected chi connectivity index (χ0v) is 10.4. The van der Waals surface area contributed by atoms with Crippen LogP contribution in [0.25, 0.3) is 0 Å². The third-order valence-corrected chi connectivity index (χ3v) is 3.05. The van der Waals surface area contributed by atoms with Crippen LogP contribution in [0.15, 0.2) is 18.3 Å². The summed E-state index contributed by atoms with van der Waals surface area (Å²) in [6.45, 7) is 5.69. The first kappa shape index (κ1) is 12.3. The molecule has 0 amide bonds. The second-order valence-electron chi connectivity index (χ2n) is 4.59. The third kappa shape index (κ3) is 3.41. The maximum atomic E-state index is 9.48. The van der Waals surface area contributed by atoms with Crippen LogP contribution in [-0.2, 0) is 6.54 Å². The number of anilines is 1. The minimum atomic E-state index is -0.192. The fraction of sp³-hybridized carbons (Fsp3) is 0.615. The standard InChI is InChI=1S/C13H21N3O/c1-2-6-14-8-11-3-4-13(15-9-11)16-7-5-12(17)10-16/h3-4,9,12,14,17H,2,5-8,10H2,1H3. The quantitative estimate of drug-likeness (QED) is 0.752. The molecule has 1 aromatic rings. The molecular weight excluding hydrogens is 214 g/mol. The first-order valence-electron chi connectivity index (χ1n) is 6.38. The van der Waals surface area contributed by atoms with E-state index in [0.29, 0.717) is 6.54 Å². The highest BCUT2D eigenvalue weighted by Crippen LogP contribution is 2.17. The average molecular weight is 235 g/mol. The molecule has 0 aliphatic carbocycles. The Kier molecular flexibility index (Phi) is 4.34. The van der Waals surface area contributed by atoms with E-state index in [9.17, 15) is 5.11 Å². The molecule has 1 aliphatic heterocycles. The Morgan fingerprint density at radius 1 is 1.53 bits per heavy atom. The molecule has 2 N–H and O–H groups in total. The van der Waals surface area contributed by atoms with Gasteiger partial charge in [-0.15, -0.1) is 0 Å². The Morgan fingerprint density at radius 2 is 2.41 bits per heavy atom. The van der Waals surface area contributed by atoms with Crippen molar-refractivity contribution in [3.8, 4) is 0 Å². The Balaban J connectivity index is 1.89. The molecule has 2 rings (SSSR count). The fourth-order valence-corrected chi connectivity index (χ4v) is 2.07. The van der Waals surface area contributed by atoms with Crippen molar-refractivity contribution in [2.75, 3.05) is 24.5 Å². The van der Waals surface area contributed by atoms with Gasteiger partial charge in [-0.25, -0.2) is 4.98 Å². The van der Waals surface area contributed by atoms with E-state index in [0.717, 1.165) is 38.3 Å². The third-order valence-electron chi connectivity index (χ3n) is 3.05. The van der Waals surface area contributed by atoms with Crippen molar-refractivity contribution in [1.29, 1.82) is 0 Å². The summed E-state index contributed by atoms with van der Waals surface area (Å²) in [6.07, 6.45) is 3.73. The molecule has 1 aromatic heterocycles. The van der Waals surface area contributed by atoms with Crippen molar-refractivity contribution in [1.82, 2.24) is 10.3 Å². The van der Waals surface area contributed by atoms with E-state index in [4.69, 9.17) is 0 Å². The van der Waals surface area contributed by atoms with Crippen molar-refractivity contribution >= 4 is 5.82 Å². The van der Waals surface area contributed by atoms with Gasteiger partial charge in [0.2, 0.25) is 0 Å². The van der Waals surface area contributed by atoms with Gasteiger partial charge in [0, 0.05) is 25.8 Å². The number of pyridine rings is 1. The van der Waals surface area contributed by atoms with Gasteiger partial charge in [-0.05, 0) is 31.0 Å². The molecule has 1 saturated heterocycles. The van der Waals surface area contributed by atoms with Crippen LogP contribution in [0.5, 0.6) is 0 Å². The molecule has 0 spiro atoms. The van der Waals surface area contributed by atoms with Crippen LogP contribution in [0, 0.1) is 0 Å². The Morgan fingerprint density at radius 3 is 3.00 bits per heavy atom. The van der Waals surface area contributed by atoms with Crippen molar-refractivity contribution in [3.05, 3.63) is 23.9 Å². The van der Waals surface area contributed by atoms with E-state index in [2.05, 4.69) is 28.2 Å². The number of hydrogen-bond donors (Lipinski definition) is 2. The number of aliphatic hydroxyl groups is 1. The second-order valence-corrected chi connectivity index (χ2v) is 4.59. The van der Waals surface area contributed by atoms with Gasteiger partial charge in [0.15, 0.2) is 0 Å². The number of aliphatic hydroxyl groups excluding tert-OH is 1. The average Bonchev–Trinajstić information content (AvgIpc) is 2.77. The molecule has 2 heterocycles. The normalized spacial score (nSPS) is 19.9. The summed E-state index contributed by atoms with van der Waals surface area (Å²) in [5.41, 5.74) is 1.21.